The highest BCUT2D eigenvalue weighted by atomic mass is 16.3. The predicted octanol–water partition coefficient (Wildman–Crippen LogP) is 3.78. The molecule has 0 saturated carbocycles. The van der Waals surface area contributed by atoms with E-state index in [0.29, 0.717) is 0 Å². The van der Waals surface area contributed by atoms with E-state index in [1.165, 1.54) is 5.56 Å². The maximum atomic E-state index is 6.12. The molecule has 0 unspecified atom stereocenters. The SMILES string of the molecule is Cc1ccc2c(oc3ccncc32)c1-c1cccc[n+]1C. The number of hydrogen-bond acceptors (Lipinski definition) is 2. The van der Waals surface area contributed by atoms with E-state index in [1.54, 1.807) is 6.20 Å². The molecule has 3 heterocycles. The van der Waals surface area contributed by atoms with Crippen molar-refractivity contribution < 1.29 is 8.98 Å². The maximum Gasteiger partial charge on any atom is 0.216 e. The molecule has 0 amide bonds. The van der Waals surface area contributed by atoms with Gasteiger partial charge in [0.25, 0.3) is 0 Å². The van der Waals surface area contributed by atoms with Crippen molar-refractivity contribution in [1.29, 1.82) is 0 Å². The van der Waals surface area contributed by atoms with Crippen molar-refractivity contribution in [2.24, 2.45) is 7.05 Å². The van der Waals surface area contributed by atoms with Gasteiger partial charge < -0.3 is 4.42 Å². The number of furan rings is 1. The summed E-state index contributed by atoms with van der Waals surface area (Å²) in [5.41, 5.74) is 5.31. The van der Waals surface area contributed by atoms with Crippen molar-refractivity contribution in [2.45, 2.75) is 6.92 Å². The molecule has 0 aliphatic rings. The van der Waals surface area contributed by atoms with Crippen molar-refractivity contribution in [3.63, 3.8) is 0 Å². The number of rotatable bonds is 1. The first-order valence-corrected chi connectivity index (χ1v) is 6.96. The summed E-state index contributed by atoms with van der Waals surface area (Å²) in [5.74, 6) is 0. The Kier molecular flexibility index (Phi) is 2.54. The van der Waals surface area contributed by atoms with Crippen molar-refractivity contribution in [3.05, 3.63) is 60.6 Å². The molecule has 0 N–H and O–H groups in total. The summed E-state index contributed by atoms with van der Waals surface area (Å²) in [4.78, 5) is 4.21. The highest BCUT2D eigenvalue weighted by molar-refractivity contribution is 6.09. The van der Waals surface area contributed by atoms with Crippen LogP contribution in [0.3, 0.4) is 0 Å². The Hall–Kier alpha value is -2.68. The summed E-state index contributed by atoms with van der Waals surface area (Å²) < 4.78 is 8.24. The van der Waals surface area contributed by atoms with Crippen LogP contribution in [0.4, 0.5) is 0 Å². The molecule has 0 aliphatic carbocycles. The average Bonchev–Trinajstić information content (AvgIpc) is 2.87. The highest BCUT2D eigenvalue weighted by Gasteiger charge is 2.19. The van der Waals surface area contributed by atoms with Crippen LogP contribution in [-0.4, -0.2) is 4.98 Å². The Bertz CT molecular complexity index is 969. The van der Waals surface area contributed by atoms with E-state index in [-0.39, 0.29) is 0 Å². The van der Waals surface area contributed by atoms with Gasteiger partial charge in [0.05, 0.1) is 5.56 Å². The van der Waals surface area contributed by atoms with Crippen molar-refractivity contribution in [3.8, 4) is 11.3 Å². The Labute approximate surface area is 122 Å². The van der Waals surface area contributed by atoms with Gasteiger partial charge >= 0.3 is 0 Å². The Morgan fingerprint density at radius 2 is 1.95 bits per heavy atom. The fraction of sp³-hybridized carbons (Fsp3) is 0.111. The minimum Gasteiger partial charge on any atom is -0.455 e. The predicted molar refractivity (Wildman–Crippen MR) is 82.9 cm³/mol. The van der Waals surface area contributed by atoms with Crippen LogP contribution in [-0.2, 0) is 7.05 Å². The van der Waals surface area contributed by atoms with E-state index < -0.39 is 0 Å². The molecule has 0 atom stereocenters. The molecule has 0 fully saturated rings. The number of pyridine rings is 2. The summed E-state index contributed by atoms with van der Waals surface area (Å²) in [7, 11) is 2.05. The third kappa shape index (κ3) is 1.74. The summed E-state index contributed by atoms with van der Waals surface area (Å²) in [6, 6.07) is 12.4. The van der Waals surface area contributed by atoms with Crippen LogP contribution in [0.2, 0.25) is 0 Å². The minimum absolute atomic E-state index is 0.880. The summed E-state index contributed by atoms with van der Waals surface area (Å²) in [5, 5.41) is 2.18. The lowest BCUT2D eigenvalue weighted by Crippen LogP contribution is -2.30. The van der Waals surface area contributed by atoms with Gasteiger partial charge in [-0.1, -0.05) is 12.1 Å². The fourth-order valence-electron chi connectivity index (χ4n) is 2.88. The standard InChI is InChI=1S/C18H15N2O/c1-12-6-7-13-14-11-19-9-8-16(14)21-18(13)17(12)15-5-3-4-10-20(15)2/h3-11H,1-2H3/q+1. The Morgan fingerprint density at radius 1 is 1.05 bits per heavy atom. The summed E-state index contributed by atoms with van der Waals surface area (Å²) in [6.45, 7) is 2.12. The molecule has 3 nitrogen and oxygen atoms in total. The zero-order chi connectivity index (χ0) is 14.4. The number of aromatic nitrogens is 2. The van der Waals surface area contributed by atoms with E-state index >= 15 is 0 Å². The van der Waals surface area contributed by atoms with E-state index in [2.05, 4.69) is 54.0 Å². The molecule has 1 aromatic carbocycles. The molecule has 0 bridgehead atoms. The fourth-order valence-corrected chi connectivity index (χ4v) is 2.88. The first-order valence-electron chi connectivity index (χ1n) is 6.96. The van der Waals surface area contributed by atoms with Crippen molar-refractivity contribution in [1.82, 2.24) is 4.98 Å². The number of hydrogen-bond donors (Lipinski definition) is 0. The van der Waals surface area contributed by atoms with Crippen LogP contribution in [0.1, 0.15) is 5.56 Å². The molecular weight excluding hydrogens is 260 g/mol. The van der Waals surface area contributed by atoms with Crippen LogP contribution in [0, 0.1) is 6.92 Å². The molecule has 4 rings (SSSR count). The zero-order valence-corrected chi connectivity index (χ0v) is 12.0. The number of fused-ring (bicyclic) bond motifs is 3. The summed E-state index contributed by atoms with van der Waals surface area (Å²) >= 11 is 0. The van der Waals surface area contributed by atoms with Crippen molar-refractivity contribution >= 4 is 21.9 Å². The van der Waals surface area contributed by atoms with Gasteiger partial charge in [0.15, 0.2) is 6.20 Å². The third-order valence-electron chi connectivity index (χ3n) is 3.96. The van der Waals surface area contributed by atoms with Gasteiger partial charge in [-0.25, -0.2) is 4.57 Å². The number of benzene rings is 1. The molecule has 0 radical (unpaired) electrons. The van der Waals surface area contributed by atoms with E-state index in [1.807, 2.05) is 18.3 Å². The molecule has 3 aromatic heterocycles. The minimum atomic E-state index is 0.880. The van der Waals surface area contributed by atoms with E-state index in [4.69, 9.17) is 4.42 Å². The van der Waals surface area contributed by atoms with E-state index in [9.17, 15) is 0 Å². The Balaban J connectivity index is 2.18. The zero-order valence-electron chi connectivity index (χ0n) is 12.0. The molecule has 4 aromatic rings. The number of nitrogens with zero attached hydrogens (tertiary/aromatic N) is 2. The lowest BCUT2D eigenvalue weighted by Gasteiger charge is -2.04. The topological polar surface area (TPSA) is 29.9 Å². The lowest BCUT2D eigenvalue weighted by molar-refractivity contribution is -0.660. The van der Waals surface area contributed by atoms with Crippen LogP contribution < -0.4 is 4.57 Å². The van der Waals surface area contributed by atoms with Gasteiger partial charge in [-0.15, -0.1) is 0 Å². The molecule has 102 valence electrons. The second kappa shape index (κ2) is 4.42. The van der Waals surface area contributed by atoms with Crippen LogP contribution in [0.25, 0.3) is 33.2 Å². The third-order valence-corrected chi connectivity index (χ3v) is 3.96. The highest BCUT2D eigenvalue weighted by Crippen LogP contribution is 2.36. The molecule has 0 aliphatic heterocycles. The van der Waals surface area contributed by atoms with Crippen LogP contribution in [0.5, 0.6) is 0 Å². The Morgan fingerprint density at radius 3 is 2.81 bits per heavy atom. The average molecular weight is 275 g/mol. The van der Waals surface area contributed by atoms with Gasteiger partial charge in [-0.2, -0.15) is 0 Å². The quantitative estimate of drug-likeness (QED) is 0.495. The summed E-state index contributed by atoms with van der Waals surface area (Å²) in [6.07, 6.45) is 5.68. The molecular formula is C18H15N2O+. The molecule has 0 spiro atoms. The monoisotopic (exact) mass is 275 g/mol. The van der Waals surface area contributed by atoms with Gasteiger partial charge in [-0.3, -0.25) is 4.98 Å². The largest absolute Gasteiger partial charge is 0.455 e. The smallest absolute Gasteiger partial charge is 0.216 e. The van der Waals surface area contributed by atoms with Gasteiger partial charge in [0.2, 0.25) is 5.69 Å². The molecule has 0 saturated heterocycles. The maximum absolute atomic E-state index is 6.12. The first-order chi connectivity index (χ1) is 10.3. The molecule has 21 heavy (non-hydrogen) atoms. The number of aryl methyl sites for hydroxylation is 2. The van der Waals surface area contributed by atoms with E-state index in [0.717, 1.165) is 33.2 Å². The first kappa shape index (κ1) is 12.1. The molecule has 3 heteroatoms. The van der Waals surface area contributed by atoms with Gasteiger partial charge in [0, 0.05) is 35.3 Å². The van der Waals surface area contributed by atoms with Crippen LogP contribution >= 0.6 is 0 Å². The lowest BCUT2D eigenvalue weighted by atomic mass is 10.0. The second-order valence-corrected chi connectivity index (χ2v) is 5.30. The van der Waals surface area contributed by atoms with Gasteiger partial charge in [-0.05, 0) is 24.6 Å². The second-order valence-electron chi connectivity index (χ2n) is 5.30. The van der Waals surface area contributed by atoms with Crippen LogP contribution in [0.15, 0.2) is 59.4 Å². The normalized spacial score (nSPS) is 11.3. The van der Waals surface area contributed by atoms with Crippen molar-refractivity contribution in [2.75, 3.05) is 0 Å². The van der Waals surface area contributed by atoms with Gasteiger partial charge in [0.1, 0.15) is 18.2 Å².